The van der Waals surface area contributed by atoms with E-state index in [1.54, 1.807) is 0 Å². The highest BCUT2D eigenvalue weighted by Gasteiger charge is 2.20. The molecule has 0 aromatic heterocycles. The van der Waals surface area contributed by atoms with Gasteiger partial charge in [0.1, 0.15) is 0 Å². The highest BCUT2D eigenvalue weighted by molar-refractivity contribution is 6.35. The summed E-state index contributed by atoms with van der Waals surface area (Å²) in [6.07, 6.45) is 1.09. The zero-order valence-electron chi connectivity index (χ0n) is 11.7. The third kappa shape index (κ3) is 3.52. The lowest BCUT2D eigenvalue weighted by Crippen LogP contribution is -2.31. The minimum absolute atomic E-state index is 0.309. The molecule has 2 aromatic carbocycles. The summed E-state index contributed by atoms with van der Waals surface area (Å²) in [5.41, 5.74) is 2.33. The first kappa shape index (κ1) is 14.7. The van der Waals surface area contributed by atoms with Gasteiger partial charge in [-0.2, -0.15) is 0 Å². The Balaban J connectivity index is 1.87. The lowest BCUT2D eigenvalue weighted by molar-refractivity contribution is 0.570. The summed E-state index contributed by atoms with van der Waals surface area (Å²) < 4.78 is 0. The van der Waals surface area contributed by atoms with Crippen molar-refractivity contribution in [2.45, 2.75) is 12.5 Å². The van der Waals surface area contributed by atoms with Crippen LogP contribution >= 0.6 is 23.2 Å². The molecule has 1 aliphatic rings. The molecule has 0 spiro atoms. The Morgan fingerprint density at radius 2 is 1.86 bits per heavy atom. The van der Waals surface area contributed by atoms with Crippen molar-refractivity contribution in [2.24, 2.45) is 0 Å². The van der Waals surface area contributed by atoms with Gasteiger partial charge in [-0.05, 0) is 36.7 Å². The second-order valence-corrected chi connectivity index (χ2v) is 6.16. The fourth-order valence-electron chi connectivity index (χ4n) is 2.78. The van der Waals surface area contributed by atoms with E-state index in [9.17, 15) is 0 Å². The second kappa shape index (κ2) is 6.69. The molecule has 1 fully saturated rings. The van der Waals surface area contributed by atoms with Gasteiger partial charge in [0.25, 0.3) is 0 Å². The Bertz CT molecular complexity index is 601. The van der Waals surface area contributed by atoms with E-state index in [1.165, 1.54) is 5.56 Å². The molecule has 0 saturated carbocycles. The molecule has 1 N–H and O–H groups in total. The molecule has 0 bridgehead atoms. The molecule has 110 valence electrons. The normalized spacial score (nSPS) is 19.3. The van der Waals surface area contributed by atoms with Gasteiger partial charge in [-0.3, -0.25) is 0 Å². The third-order valence-electron chi connectivity index (χ3n) is 3.85. The van der Waals surface area contributed by atoms with Crippen LogP contribution in [0.25, 0.3) is 0 Å². The predicted molar refractivity (Wildman–Crippen MR) is 90.5 cm³/mol. The monoisotopic (exact) mass is 320 g/mol. The van der Waals surface area contributed by atoms with Gasteiger partial charge in [0.15, 0.2) is 0 Å². The lowest BCUT2D eigenvalue weighted by atomic mass is 10.1. The maximum atomic E-state index is 6.36. The van der Waals surface area contributed by atoms with Gasteiger partial charge in [0.05, 0.1) is 10.7 Å². The molecule has 0 aliphatic carbocycles. The van der Waals surface area contributed by atoms with Crippen LogP contribution in [0.2, 0.25) is 10.0 Å². The molecule has 21 heavy (non-hydrogen) atoms. The number of anilines is 1. The number of nitrogens with one attached hydrogen (secondary N) is 1. The van der Waals surface area contributed by atoms with E-state index in [2.05, 4.69) is 34.5 Å². The van der Waals surface area contributed by atoms with Crippen molar-refractivity contribution in [1.29, 1.82) is 0 Å². The van der Waals surface area contributed by atoms with Crippen molar-refractivity contribution < 1.29 is 0 Å². The van der Waals surface area contributed by atoms with E-state index in [0.29, 0.717) is 6.04 Å². The molecule has 2 aromatic rings. The van der Waals surface area contributed by atoms with Gasteiger partial charge < -0.3 is 10.2 Å². The van der Waals surface area contributed by atoms with Gasteiger partial charge in [-0.25, -0.2) is 0 Å². The average molecular weight is 321 g/mol. The number of hydrogen-bond acceptors (Lipinski definition) is 2. The van der Waals surface area contributed by atoms with Gasteiger partial charge in [0, 0.05) is 24.2 Å². The molecule has 1 heterocycles. The summed E-state index contributed by atoms with van der Waals surface area (Å²) in [6.45, 7) is 2.88. The predicted octanol–water partition coefficient (Wildman–Crippen LogP) is 4.53. The Kier molecular flexibility index (Phi) is 4.69. The molecule has 1 aliphatic heterocycles. The van der Waals surface area contributed by atoms with E-state index >= 15 is 0 Å². The molecule has 1 atom stereocenters. The molecule has 1 unspecified atom stereocenters. The number of rotatable bonds is 2. The van der Waals surface area contributed by atoms with Crippen molar-refractivity contribution in [3.05, 3.63) is 64.1 Å². The second-order valence-electron chi connectivity index (χ2n) is 5.31. The first-order valence-corrected chi connectivity index (χ1v) is 7.98. The van der Waals surface area contributed by atoms with Crippen LogP contribution in [0.5, 0.6) is 0 Å². The minimum atomic E-state index is 0.309. The zero-order chi connectivity index (χ0) is 14.7. The summed E-state index contributed by atoms with van der Waals surface area (Å²) >= 11 is 12.5. The van der Waals surface area contributed by atoms with E-state index in [1.807, 2.05) is 24.3 Å². The maximum Gasteiger partial charge on any atom is 0.0640 e. The molecular weight excluding hydrogens is 303 g/mol. The summed E-state index contributed by atoms with van der Waals surface area (Å²) in [7, 11) is 0. The molecule has 0 amide bonds. The standard InChI is InChI=1S/C17H18Cl2N2/c18-14-7-8-15(19)17(11-14)21-10-4-9-20-16(12-21)13-5-2-1-3-6-13/h1-3,5-8,11,16,20H,4,9-10,12H2. The maximum absolute atomic E-state index is 6.36. The minimum Gasteiger partial charge on any atom is -0.368 e. The van der Waals surface area contributed by atoms with Gasteiger partial charge in [0.2, 0.25) is 0 Å². The van der Waals surface area contributed by atoms with Crippen molar-refractivity contribution in [3.63, 3.8) is 0 Å². The van der Waals surface area contributed by atoms with Crippen molar-refractivity contribution in [2.75, 3.05) is 24.5 Å². The van der Waals surface area contributed by atoms with Crippen LogP contribution in [0.3, 0.4) is 0 Å². The highest BCUT2D eigenvalue weighted by Crippen LogP contribution is 2.31. The molecule has 2 nitrogen and oxygen atoms in total. The first-order valence-electron chi connectivity index (χ1n) is 7.22. The molecular formula is C17H18Cl2N2. The number of nitrogens with zero attached hydrogens (tertiary/aromatic N) is 1. The third-order valence-corrected chi connectivity index (χ3v) is 4.40. The van der Waals surface area contributed by atoms with Crippen LogP contribution in [-0.4, -0.2) is 19.6 Å². The Labute approximate surface area is 135 Å². The van der Waals surface area contributed by atoms with E-state index in [0.717, 1.165) is 41.8 Å². The Morgan fingerprint density at radius 3 is 2.67 bits per heavy atom. The van der Waals surface area contributed by atoms with Gasteiger partial charge in [-0.1, -0.05) is 53.5 Å². The van der Waals surface area contributed by atoms with Gasteiger partial charge >= 0.3 is 0 Å². The fraction of sp³-hybridized carbons (Fsp3) is 0.294. The van der Waals surface area contributed by atoms with Crippen LogP contribution in [0.4, 0.5) is 5.69 Å². The first-order chi connectivity index (χ1) is 10.2. The Hall–Kier alpha value is -1.22. The average Bonchev–Trinajstić information content (AvgIpc) is 2.76. The Morgan fingerprint density at radius 1 is 1.05 bits per heavy atom. The molecule has 4 heteroatoms. The van der Waals surface area contributed by atoms with E-state index < -0.39 is 0 Å². The molecule has 1 saturated heterocycles. The number of hydrogen-bond donors (Lipinski definition) is 1. The fourth-order valence-corrected chi connectivity index (χ4v) is 3.18. The van der Waals surface area contributed by atoms with E-state index in [-0.39, 0.29) is 0 Å². The van der Waals surface area contributed by atoms with Crippen LogP contribution < -0.4 is 10.2 Å². The smallest absolute Gasteiger partial charge is 0.0640 e. The van der Waals surface area contributed by atoms with Crippen LogP contribution in [0.1, 0.15) is 18.0 Å². The van der Waals surface area contributed by atoms with Crippen LogP contribution in [0.15, 0.2) is 48.5 Å². The van der Waals surface area contributed by atoms with E-state index in [4.69, 9.17) is 23.2 Å². The highest BCUT2D eigenvalue weighted by atomic mass is 35.5. The molecule has 3 rings (SSSR count). The van der Waals surface area contributed by atoms with Crippen molar-refractivity contribution in [3.8, 4) is 0 Å². The quantitative estimate of drug-likeness (QED) is 0.874. The van der Waals surface area contributed by atoms with Crippen LogP contribution in [0, 0.1) is 0 Å². The molecule has 0 radical (unpaired) electrons. The topological polar surface area (TPSA) is 15.3 Å². The zero-order valence-corrected chi connectivity index (χ0v) is 13.2. The lowest BCUT2D eigenvalue weighted by Gasteiger charge is -2.27. The van der Waals surface area contributed by atoms with Gasteiger partial charge in [-0.15, -0.1) is 0 Å². The summed E-state index contributed by atoms with van der Waals surface area (Å²) in [5.74, 6) is 0. The number of halogens is 2. The number of benzene rings is 2. The SMILES string of the molecule is Clc1ccc(Cl)c(N2CCCNC(c3ccccc3)C2)c1. The summed E-state index contributed by atoms with van der Waals surface area (Å²) in [4.78, 5) is 2.33. The van der Waals surface area contributed by atoms with Crippen LogP contribution in [-0.2, 0) is 0 Å². The summed E-state index contributed by atoms with van der Waals surface area (Å²) in [6, 6.07) is 16.5. The summed E-state index contributed by atoms with van der Waals surface area (Å²) in [5, 5.41) is 5.10. The van der Waals surface area contributed by atoms with Crippen molar-refractivity contribution in [1.82, 2.24) is 5.32 Å². The largest absolute Gasteiger partial charge is 0.368 e. The van der Waals surface area contributed by atoms with Crippen molar-refractivity contribution >= 4 is 28.9 Å².